The van der Waals surface area contributed by atoms with Gasteiger partial charge < -0.3 is 14.8 Å². The van der Waals surface area contributed by atoms with Crippen molar-refractivity contribution < 1.29 is 14.3 Å². The third kappa shape index (κ3) is 3.21. The molecule has 1 heterocycles. The SMILES string of the molecule is Cc1ccc2oc(-c3ccc(C(=O)NCCO)cc3)cc(=O)c2c1. The molecule has 5 nitrogen and oxygen atoms in total. The van der Waals surface area contributed by atoms with Gasteiger partial charge >= 0.3 is 0 Å². The lowest BCUT2D eigenvalue weighted by atomic mass is 10.1. The summed E-state index contributed by atoms with van der Waals surface area (Å²) in [5, 5.41) is 11.9. The number of hydrogen-bond acceptors (Lipinski definition) is 4. The van der Waals surface area contributed by atoms with Crippen LogP contribution < -0.4 is 10.7 Å². The Bertz CT molecular complexity index is 942. The zero-order valence-corrected chi connectivity index (χ0v) is 13.2. The Balaban J connectivity index is 1.94. The average Bonchev–Trinajstić information content (AvgIpc) is 2.60. The van der Waals surface area contributed by atoms with Gasteiger partial charge in [-0.15, -0.1) is 0 Å². The molecular weight excluding hydrogens is 306 g/mol. The van der Waals surface area contributed by atoms with Gasteiger partial charge in [0, 0.05) is 23.7 Å². The minimum absolute atomic E-state index is 0.0975. The Kier molecular flexibility index (Phi) is 4.44. The van der Waals surface area contributed by atoms with E-state index in [1.807, 2.05) is 13.0 Å². The number of rotatable bonds is 4. The molecule has 0 atom stereocenters. The number of hydrogen-bond donors (Lipinski definition) is 2. The summed E-state index contributed by atoms with van der Waals surface area (Å²) in [5.41, 5.74) is 2.63. The Morgan fingerprint density at radius 1 is 1.12 bits per heavy atom. The fourth-order valence-electron chi connectivity index (χ4n) is 2.47. The quantitative estimate of drug-likeness (QED) is 0.773. The first-order valence-corrected chi connectivity index (χ1v) is 7.62. The molecule has 0 radical (unpaired) electrons. The van der Waals surface area contributed by atoms with Crippen molar-refractivity contribution in [2.24, 2.45) is 0 Å². The largest absolute Gasteiger partial charge is 0.456 e. The maximum atomic E-state index is 12.3. The predicted molar refractivity (Wildman–Crippen MR) is 92.1 cm³/mol. The second-order valence-electron chi connectivity index (χ2n) is 5.53. The van der Waals surface area contributed by atoms with Crippen LogP contribution in [0.1, 0.15) is 15.9 Å². The summed E-state index contributed by atoms with van der Waals surface area (Å²) >= 11 is 0. The number of aliphatic hydroxyl groups is 1. The molecule has 0 aliphatic rings. The van der Waals surface area contributed by atoms with E-state index < -0.39 is 0 Å². The lowest BCUT2D eigenvalue weighted by Crippen LogP contribution is -2.26. The average molecular weight is 323 g/mol. The first-order chi connectivity index (χ1) is 11.6. The highest BCUT2D eigenvalue weighted by molar-refractivity contribution is 5.94. The molecule has 0 unspecified atom stereocenters. The Morgan fingerprint density at radius 3 is 2.58 bits per heavy atom. The minimum Gasteiger partial charge on any atom is -0.456 e. The summed E-state index contributed by atoms with van der Waals surface area (Å²) in [5.74, 6) is 0.199. The van der Waals surface area contributed by atoms with Crippen LogP contribution in [-0.4, -0.2) is 24.2 Å². The van der Waals surface area contributed by atoms with Crippen LogP contribution >= 0.6 is 0 Å². The monoisotopic (exact) mass is 323 g/mol. The van der Waals surface area contributed by atoms with Crippen LogP contribution in [-0.2, 0) is 0 Å². The van der Waals surface area contributed by atoms with E-state index in [0.717, 1.165) is 5.56 Å². The summed E-state index contributed by atoms with van der Waals surface area (Å²) in [4.78, 5) is 24.1. The highest BCUT2D eigenvalue weighted by Crippen LogP contribution is 2.23. The molecule has 24 heavy (non-hydrogen) atoms. The fourth-order valence-corrected chi connectivity index (χ4v) is 2.47. The molecule has 0 saturated heterocycles. The molecule has 3 rings (SSSR count). The number of carbonyl (C=O) groups excluding carboxylic acids is 1. The Morgan fingerprint density at radius 2 is 1.88 bits per heavy atom. The number of nitrogens with one attached hydrogen (secondary N) is 1. The van der Waals surface area contributed by atoms with Crippen molar-refractivity contribution in [2.45, 2.75) is 6.92 Å². The number of amides is 1. The molecule has 0 saturated carbocycles. The van der Waals surface area contributed by atoms with Crippen LogP contribution in [0.4, 0.5) is 0 Å². The topological polar surface area (TPSA) is 79.5 Å². The maximum Gasteiger partial charge on any atom is 0.251 e. The zero-order valence-electron chi connectivity index (χ0n) is 13.2. The molecule has 0 aliphatic heterocycles. The fraction of sp³-hybridized carbons (Fsp3) is 0.158. The Hall–Kier alpha value is -2.92. The zero-order chi connectivity index (χ0) is 17.1. The molecule has 2 N–H and O–H groups in total. The van der Waals surface area contributed by atoms with Gasteiger partial charge in [-0.25, -0.2) is 0 Å². The molecule has 0 fully saturated rings. The number of fused-ring (bicyclic) bond motifs is 1. The number of benzene rings is 2. The predicted octanol–water partition coefficient (Wildman–Crippen LogP) is 2.49. The third-order valence-corrected chi connectivity index (χ3v) is 3.71. The van der Waals surface area contributed by atoms with Gasteiger partial charge in [-0.3, -0.25) is 9.59 Å². The molecular formula is C19H17NO4. The van der Waals surface area contributed by atoms with Crippen molar-refractivity contribution in [3.05, 3.63) is 69.9 Å². The van der Waals surface area contributed by atoms with E-state index in [1.54, 1.807) is 36.4 Å². The van der Waals surface area contributed by atoms with Gasteiger partial charge in [0.05, 0.1) is 12.0 Å². The van der Waals surface area contributed by atoms with E-state index in [1.165, 1.54) is 6.07 Å². The number of carbonyl (C=O) groups is 1. The van der Waals surface area contributed by atoms with E-state index in [4.69, 9.17) is 9.52 Å². The first kappa shape index (κ1) is 16.0. The van der Waals surface area contributed by atoms with Crippen molar-refractivity contribution in [3.8, 4) is 11.3 Å². The molecule has 1 amide bonds. The number of aryl methyl sites for hydroxylation is 1. The van der Waals surface area contributed by atoms with Gasteiger partial charge in [-0.2, -0.15) is 0 Å². The molecule has 2 aromatic carbocycles. The molecule has 1 aromatic heterocycles. The molecule has 0 spiro atoms. The molecule has 0 aliphatic carbocycles. The molecule has 5 heteroatoms. The highest BCUT2D eigenvalue weighted by atomic mass is 16.3. The summed E-state index contributed by atoms with van der Waals surface area (Å²) in [6, 6.07) is 13.7. The van der Waals surface area contributed by atoms with Gasteiger partial charge in [0.2, 0.25) is 0 Å². The lowest BCUT2D eigenvalue weighted by Gasteiger charge is -2.06. The van der Waals surface area contributed by atoms with Crippen LogP contribution in [0.5, 0.6) is 0 Å². The Labute approximate surface area is 138 Å². The second kappa shape index (κ2) is 6.68. The van der Waals surface area contributed by atoms with Crippen molar-refractivity contribution >= 4 is 16.9 Å². The highest BCUT2D eigenvalue weighted by Gasteiger charge is 2.09. The van der Waals surface area contributed by atoms with E-state index >= 15 is 0 Å². The van der Waals surface area contributed by atoms with Crippen LogP contribution in [0.25, 0.3) is 22.3 Å². The van der Waals surface area contributed by atoms with Crippen molar-refractivity contribution in [2.75, 3.05) is 13.2 Å². The summed E-state index contributed by atoms with van der Waals surface area (Å²) in [6.45, 7) is 2.03. The summed E-state index contributed by atoms with van der Waals surface area (Å²) in [6.07, 6.45) is 0. The van der Waals surface area contributed by atoms with E-state index in [0.29, 0.717) is 27.9 Å². The first-order valence-electron chi connectivity index (χ1n) is 7.62. The van der Waals surface area contributed by atoms with Crippen LogP contribution in [0.3, 0.4) is 0 Å². The maximum absolute atomic E-state index is 12.3. The van der Waals surface area contributed by atoms with Crippen LogP contribution in [0.2, 0.25) is 0 Å². The van der Waals surface area contributed by atoms with Gasteiger partial charge in [-0.05, 0) is 31.2 Å². The van der Waals surface area contributed by atoms with Crippen LogP contribution in [0, 0.1) is 6.92 Å². The van der Waals surface area contributed by atoms with E-state index in [9.17, 15) is 9.59 Å². The van der Waals surface area contributed by atoms with Gasteiger partial charge in [0.15, 0.2) is 5.43 Å². The van der Waals surface area contributed by atoms with Crippen molar-refractivity contribution in [3.63, 3.8) is 0 Å². The van der Waals surface area contributed by atoms with Crippen LogP contribution in [0.15, 0.2) is 57.7 Å². The minimum atomic E-state index is -0.258. The van der Waals surface area contributed by atoms with E-state index in [-0.39, 0.29) is 24.5 Å². The number of aliphatic hydroxyl groups excluding tert-OH is 1. The van der Waals surface area contributed by atoms with Gasteiger partial charge in [0.25, 0.3) is 5.91 Å². The summed E-state index contributed by atoms with van der Waals surface area (Å²) in [7, 11) is 0. The van der Waals surface area contributed by atoms with Crippen molar-refractivity contribution in [1.29, 1.82) is 0 Å². The van der Waals surface area contributed by atoms with E-state index in [2.05, 4.69) is 5.32 Å². The smallest absolute Gasteiger partial charge is 0.251 e. The standard InChI is InChI=1S/C19H17NO4/c1-12-2-7-17-15(10-12)16(22)11-18(24-17)13-3-5-14(6-4-13)19(23)20-8-9-21/h2-7,10-11,21H,8-9H2,1H3,(H,20,23). The second-order valence-corrected chi connectivity index (χ2v) is 5.53. The normalized spacial score (nSPS) is 10.8. The third-order valence-electron chi connectivity index (χ3n) is 3.71. The van der Waals surface area contributed by atoms with Gasteiger partial charge in [-0.1, -0.05) is 23.8 Å². The summed E-state index contributed by atoms with van der Waals surface area (Å²) < 4.78 is 5.82. The molecule has 122 valence electrons. The molecule has 0 bridgehead atoms. The lowest BCUT2D eigenvalue weighted by molar-refractivity contribution is 0.0945. The van der Waals surface area contributed by atoms with Crippen molar-refractivity contribution in [1.82, 2.24) is 5.32 Å². The molecule has 3 aromatic rings. The van der Waals surface area contributed by atoms with Gasteiger partial charge in [0.1, 0.15) is 11.3 Å².